The van der Waals surface area contributed by atoms with E-state index in [9.17, 15) is 4.79 Å². The third-order valence-electron chi connectivity index (χ3n) is 3.94. The number of hydrogen-bond donors (Lipinski definition) is 1. The maximum Gasteiger partial charge on any atom is 0.265 e. The molecule has 3 rings (SSSR count). The Balaban J connectivity index is 1.55. The minimum absolute atomic E-state index is 0.169. The summed E-state index contributed by atoms with van der Waals surface area (Å²) >= 11 is 0. The fourth-order valence-electron chi connectivity index (χ4n) is 2.58. The maximum absolute atomic E-state index is 12.2. The lowest BCUT2D eigenvalue weighted by atomic mass is 10.2. The molecule has 2 aromatic carbocycles. The molecule has 1 saturated heterocycles. The van der Waals surface area contributed by atoms with Crippen molar-refractivity contribution in [2.24, 2.45) is 0 Å². The van der Waals surface area contributed by atoms with Crippen molar-refractivity contribution in [1.29, 1.82) is 0 Å². The Morgan fingerprint density at radius 1 is 1.08 bits per heavy atom. The smallest absolute Gasteiger partial charge is 0.265 e. The van der Waals surface area contributed by atoms with Gasteiger partial charge < -0.3 is 19.7 Å². The van der Waals surface area contributed by atoms with Crippen LogP contribution in [0, 0.1) is 0 Å². The summed E-state index contributed by atoms with van der Waals surface area (Å²) in [5, 5.41) is 2.88. The van der Waals surface area contributed by atoms with E-state index in [0.29, 0.717) is 5.75 Å². The summed E-state index contributed by atoms with van der Waals surface area (Å²) in [6.45, 7) is 5.05. The predicted molar refractivity (Wildman–Crippen MR) is 94.6 cm³/mol. The molecule has 1 amide bonds. The van der Waals surface area contributed by atoms with Crippen LogP contribution in [0.5, 0.6) is 5.75 Å². The first kappa shape index (κ1) is 16.3. The summed E-state index contributed by atoms with van der Waals surface area (Å²) in [6.07, 6.45) is -0.564. The lowest BCUT2D eigenvalue weighted by Gasteiger charge is -2.29. The number of benzene rings is 2. The molecule has 5 nitrogen and oxygen atoms in total. The summed E-state index contributed by atoms with van der Waals surface area (Å²) < 4.78 is 11.0. The molecule has 1 N–H and O–H groups in total. The Bertz CT molecular complexity index is 652. The van der Waals surface area contributed by atoms with Crippen molar-refractivity contribution in [2.45, 2.75) is 13.0 Å². The van der Waals surface area contributed by atoms with Gasteiger partial charge in [0.15, 0.2) is 6.10 Å². The minimum atomic E-state index is -0.564. The zero-order valence-corrected chi connectivity index (χ0v) is 13.8. The van der Waals surface area contributed by atoms with Crippen LogP contribution < -0.4 is 15.0 Å². The largest absolute Gasteiger partial charge is 0.481 e. The Morgan fingerprint density at radius 2 is 1.75 bits per heavy atom. The molecule has 2 aromatic rings. The fourth-order valence-corrected chi connectivity index (χ4v) is 2.58. The van der Waals surface area contributed by atoms with Gasteiger partial charge in [-0.2, -0.15) is 0 Å². The molecule has 1 atom stereocenters. The molecule has 1 heterocycles. The van der Waals surface area contributed by atoms with Crippen molar-refractivity contribution in [3.63, 3.8) is 0 Å². The molecule has 0 spiro atoms. The van der Waals surface area contributed by atoms with Gasteiger partial charge >= 0.3 is 0 Å². The third kappa shape index (κ3) is 4.26. The van der Waals surface area contributed by atoms with Crippen molar-refractivity contribution in [3.8, 4) is 5.75 Å². The number of para-hydroxylation sites is 1. The molecule has 126 valence electrons. The van der Waals surface area contributed by atoms with Crippen LogP contribution in [-0.4, -0.2) is 38.3 Å². The van der Waals surface area contributed by atoms with Crippen molar-refractivity contribution < 1.29 is 14.3 Å². The molecule has 1 fully saturated rings. The number of amides is 1. The molecular weight excluding hydrogens is 304 g/mol. The highest BCUT2D eigenvalue weighted by Gasteiger charge is 2.15. The highest BCUT2D eigenvalue weighted by atomic mass is 16.5. The van der Waals surface area contributed by atoms with Gasteiger partial charge in [-0.3, -0.25) is 4.79 Å². The number of carbonyl (C=O) groups excluding carboxylic acids is 1. The van der Waals surface area contributed by atoms with Crippen LogP contribution in [0.25, 0.3) is 0 Å². The lowest BCUT2D eigenvalue weighted by Crippen LogP contribution is -2.36. The van der Waals surface area contributed by atoms with Gasteiger partial charge in [0.05, 0.1) is 13.2 Å². The molecule has 0 radical (unpaired) electrons. The molecule has 1 aliphatic rings. The third-order valence-corrected chi connectivity index (χ3v) is 3.94. The summed E-state index contributed by atoms with van der Waals surface area (Å²) in [4.78, 5) is 14.5. The standard InChI is InChI=1S/C19H22N2O3/c1-15(24-18-5-3-2-4-6-18)19(22)20-16-7-9-17(10-8-16)21-11-13-23-14-12-21/h2-10,15H,11-14H2,1H3,(H,20,22)/t15-/m0/s1. The zero-order valence-electron chi connectivity index (χ0n) is 13.8. The van der Waals surface area contributed by atoms with E-state index in [1.807, 2.05) is 54.6 Å². The van der Waals surface area contributed by atoms with E-state index >= 15 is 0 Å². The second kappa shape index (κ2) is 7.84. The van der Waals surface area contributed by atoms with Crippen molar-refractivity contribution in [2.75, 3.05) is 36.5 Å². The Hall–Kier alpha value is -2.53. The van der Waals surface area contributed by atoms with E-state index in [1.54, 1.807) is 6.92 Å². The summed E-state index contributed by atoms with van der Waals surface area (Å²) in [5.41, 5.74) is 1.91. The van der Waals surface area contributed by atoms with E-state index < -0.39 is 6.10 Å². The summed E-state index contributed by atoms with van der Waals surface area (Å²) in [6, 6.07) is 17.2. The zero-order chi connectivity index (χ0) is 16.8. The van der Waals surface area contributed by atoms with E-state index in [-0.39, 0.29) is 5.91 Å². The average molecular weight is 326 g/mol. The van der Waals surface area contributed by atoms with Crippen molar-refractivity contribution in [1.82, 2.24) is 0 Å². The van der Waals surface area contributed by atoms with Gasteiger partial charge in [0.2, 0.25) is 0 Å². The first-order valence-electron chi connectivity index (χ1n) is 8.18. The summed E-state index contributed by atoms with van der Waals surface area (Å²) in [5.74, 6) is 0.515. The molecule has 1 aliphatic heterocycles. The SMILES string of the molecule is C[C@H](Oc1ccccc1)C(=O)Nc1ccc(N2CCOCC2)cc1. The molecule has 0 bridgehead atoms. The second-order valence-electron chi connectivity index (χ2n) is 5.71. The first-order chi connectivity index (χ1) is 11.7. The molecular formula is C19H22N2O3. The average Bonchev–Trinajstić information content (AvgIpc) is 2.64. The minimum Gasteiger partial charge on any atom is -0.481 e. The molecule has 0 saturated carbocycles. The normalized spacial score (nSPS) is 15.6. The van der Waals surface area contributed by atoms with Crippen molar-refractivity contribution >= 4 is 17.3 Å². The monoisotopic (exact) mass is 326 g/mol. The van der Waals surface area contributed by atoms with Crippen LogP contribution in [0.3, 0.4) is 0 Å². The Kier molecular flexibility index (Phi) is 5.33. The van der Waals surface area contributed by atoms with Crippen LogP contribution in [0.2, 0.25) is 0 Å². The van der Waals surface area contributed by atoms with Gasteiger partial charge in [0.1, 0.15) is 5.75 Å². The van der Waals surface area contributed by atoms with E-state index in [1.165, 1.54) is 0 Å². The highest BCUT2D eigenvalue weighted by molar-refractivity contribution is 5.94. The van der Waals surface area contributed by atoms with Gasteiger partial charge in [0, 0.05) is 24.5 Å². The van der Waals surface area contributed by atoms with Crippen LogP contribution in [-0.2, 0) is 9.53 Å². The number of anilines is 2. The number of nitrogens with zero attached hydrogens (tertiary/aromatic N) is 1. The van der Waals surface area contributed by atoms with Crippen LogP contribution in [0.15, 0.2) is 54.6 Å². The van der Waals surface area contributed by atoms with E-state index in [4.69, 9.17) is 9.47 Å². The van der Waals surface area contributed by atoms with Gasteiger partial charge in [-0.05, 0) is 43.3 Å². The summed E-state index contributed by atoms with van der Waals surface area (Å²) in [7, 11) is 0. The number of hydrogen-bond acceptors (Lipinski definition) is 4. The second-order valence-corrected chi connectivity index (χ2v) is 5.71. The number of rotatable bonds is 5. The molecule has 0 aliphatic carbocycles. The number of morpholine rings is 1. The fraction of sp³-hybridized carbons (Fsp3) is 0.316. The number of ether oxygens (including phenoxy) is 2. The van der Waals surface area contributed by atoms with E-state index in [2.05, 4.69) is 10.2 Å². The van der Waals surface area contributed by atoms with E-state index in [0.717, 1.165) is 37.7 Å². The predicted octanol–water partition coefficient (Wildman–Crippen LogP) is 2.93. The van der Waals surface area contributed by atoms with Gasteiger partial charge in [-0.15, -0.1) is 0 Å². The molecule has 0 aromatic heterocycles. The van der Waals surface area contributed by atoms with Crippen molar-refractivity contribution in [3.05, 3.63) is 54.6 Å². The molecule has 5 heteroatoms. The quantitative estimate of drug-likeness (QED) is 0.918. The molecule has 24 heavy (non-hydrogen) atoms. The number of carbonyl (C=O) groups is 1. The topological polar surface area (TPSA) is 50.8 Å². The highest BCUT2D eigenvalue weighted by Crippen LogP contribution is 2.19. The maximum atomic E-state index is 12.2. The lowest BCUT2D eigenvalue weighted by molar-refractivity contribution is -0.122. The van der Waals surface area contributed by atoms with Crippen LogP contribution in [0.4, 0.5) is 11.4 Å². The van der Waals surface area contributed by atoms with Gasteiger partial charge in [-0.25, -0.2) is 0 Å². The van der Waals surface area contributed by atoms with Crippen LogP contribution in [0.1, 0.15) is 6.92 Å². The van der Waals surface area contributed by atoms with Gasteiger partial charge in [0.25, 0.3) is 5.91 Å². The number of nitrogens with one attached hydrogen (secondary N) is 1. The van der Waals surface area contributed by atoms with Gasteiger partial charge in [-0.1, -0.05) is 18.2 Å². The van der Waals surface area contributed by atoms with Crippen LogP contribution >= 0.6 is 0 Å². The Labute approximate surface area is 142 Å². The Morgan fingerprint density at radius 3 is 2.42 bits per heavy atom. The molecule has 0 unspecified atom stereocenters. The first-order valence-corrected chi connectivity index (χ1v) is 8.18.